The number of nitrogens with zero attached hydrogens (tertiary/aromatic N) is 3. The van der Waals surface area contributed by atoms with Gasteiger partial charge in [-0.3, -0.25) is 4.79 Å². The highest BCUT2D eigenvalue weighted by molar-refractivity contribution is 6.31. The highest BCUT2D eigenvalue weighted by atomic mass is 35.5. The number of hydrogen-bond donors (Lipinski definition) is 0. The fourth-order valence-electron chi connectivity index (χ4n) is 2.88. The maximum Gasteiger partial charge on any atom is 0.433 e. The second kappa shape index (κ2) is 8.12. The number of ether oxygens (including phenoxy) is 1. The number of piperidine rings is 1. The summed E-state index contributed by atoms with van der Waals surface area (Å²) in [4.78, 5) is 21.3. The third kappa shape index (κ3) is 5.09. The minimum Gasteiger partial charge on any atom is -0.458 e. The van der Waals surface area contributed by atoms with Crippen molar-refractivity contribution >= 4 is 17.5 Å². The molecule has 1 aromatic heterocycles. The summed E-state index contributed by atoms with van der Waals surface area (Å²) in [7, 11) is 0. The van der Waals surface area contributed by atoms with Gasteiger partial charge in [-0.1, -0.05) is 29.8 Å². The Morgan fingerprint density at radius 3 is 2.81 bits per heavy atom. The Kier molecular flexibility index (Phi) is 5.84. The SMILES string of the molecule is O=C(Cc1ccccc1Cl)N1CCCC(Oc2nccc(C(F)(F)F)n2)C1. The third-order valence-electron chi connectivity index (χ3n) is 4.23. The molecule has 2 heterocycles. The Bertz CT molecular complexity index is 816. The monoisotopic (exact) mass is 399 g/mol. The van der Waals surface area contributed by atoms with Crippen LogP contribution < -0.4 is 4.74 Å². The molecule has 3 rings (SSSR count). The molecule has 0 radical (unpaired) electrons. The summed E-state index contributed by atoms with van der Waals surface area (Å²) in [6.45, 7) is 0.829. The number of alkyl halides is 3. The minimum absolute atomic E-state index is 0.110. The lowest BCUT2D eigenvalue weighted by molar-refractivity contribution is -0.141. The topological polar surface area (TPSA) is 55.3 Å². The zero-order valence-corrected chi connectivity index (χ0v) is 15.0. The molecular weight excluding hydrogens is 383 g/mol. The van der Waals surface area contributed by atoms with Crippen LogP contribution in [0.1, 0.15) is 24.1 Å². The molecule has 1 aromatic carbocycles. The predicted octanol–water partition coefficient (Wildman–Crippen LogP) is 3.76. The second-order valence-electron chi connectivity index (χ2n) is 6.21. The molecule has 9 heteroatoms. The van der Waals surface area contributed by atoms with Gasteiger partial charge in [-0.15, -0.1) is 0 Å². The second-order valence-corrected chi connectivity index (χ2v) is 6.62. The van der Waals surface area contributed by atoms with E-state index in [1.807, 2.05) is 6.07 Å². The number of carbonyl (C=O) groups is 1. The Hall–Kier alpha value is -2.35. The molecule has 1 saturated heterocycles. The van der Waals surface area contributed by atoms with Crippen LogP contribution in [0.2, 0.25) is 5.02 Å². The maximum atomic E-state index is 12.7. The number of aromatic nitrogens is 2. The summed E-state index contributed by atoms with van der Waals surface area (Å²) in [5, 5.41) is 0.521. The van der Waals surface area contributed by atoms with Crippen LogP contribution in [0.5, 0.6) is 6.01 Å². The van der Waals surface area contributed by atoms with Crippen LogP contribution in [0.25, 0.3) is 0 Å². The fourth-order valence-corrected chi connectivity index (χ4v) is 3.08. The Morgan fingerprint density at radius 2 is 2.07 bits per heavy atom. The van der Waals surface area contributed by atoms with E-state index in [0.717, 1.165) is 17.8 Å². The number of hydrogen-bond acceptors (Lipinski definition) is 4. The van der Waals surface area contributed by atoms with Crippen LogP contribution in [-0.4, -0.2) is 40.0 Å². The van der Waals surface area contributed by atoms with E-state index in [1.54, 1.807) is 23.1 Å². The number of amides is 1. The first-order valence-electron chi connectivity index (χ1n) is 8.41. The molecule has 0 saturated carbocycles. The number of rotatable bonds is 4. The molecular formula is C18H17ClF3N3O2. The lowest BCUT2D eigenvalue weighted by atomic mass is 10.1. The molecule has 1 fully saturated rings. The van der Waals surface area contributed by atoms with Crippen molar-refractivity contribution in [2.75, 3.05) is 13.1 Å². The van der Waals surface area contributed by atoms with Crippen LogP contribution in [0, 0.1) is 0 Å². The van der Waals surface area contributed by atoms with E-state index in [4.69, 9.17) is 16.3 Å². The minimum atomic E-state index is -4.56. The summed E-state index contributed by atoms with van der Waals surface area (Å²) in [6.07, 6.45) is -2.57. The first kappa shape index (κ1) is 19.4. The zero-order valence-electron chi connectivity index (χ0n) is 14.2. The summed E-state index contributed by atoms with van der Waals surface area (Å²) in [5.41, 5.74) is -0.330. The van der Waals surface area contributed by atoms with Crippen LogP contribution in [0.3, 0.4) is 0 Å². The zero-order chi connectivity index (χ0) is 19.4. The lowest BCUT2D eigenvalue weighted by Gasteiger charge is -2.32. The van der Waals surface area contributed by atoms with E-state index in [-0.39, 0.29) is 24.9 Å². The molecule has 1 amide bonds. The van der Waals surface area contributed by atoms with Gasteiger partial charge in [-0.25, -0.2) is 4.98 Å². The van der Waals surface area contributed by atoms with E-state index in [1.165, 1.54) is 0 Å². The number of carbonyl (C=O) groups excluding carboxylic acids is 1. The molecule has 1 aliphatic heterocycles. The van der Waals surface area contributed by atoms with Crippen molar-refractivity contribution in [1.82, 2.24) is 14.9 Å². The molecule has 2 aromatic rings. The molecule has 1 unspecified atom stereocenters. The first-order valence-corrected chi connectivity index (χ1v) is 8.79. The quantitative estimate of drug-likeness (QED) is 0.785. The lowest BCUT2D eigenvalue weighted by Crippen LogP contribution is -2.45. The van der Waals surface area contributed by atoms with E-state index >= 15 is 0 Å². The van der Waals surface area contributed by atoms with Crippen molar-refractivity contribution < 1.29 is 22.7 Å². The highest BCUT2D eigenvalue weighted by Gasteiger charge is 2.33. The van der Waals surface area contributed by atoms with E-state index in [9.17, 15) is 18.0 Å². The summed E-state index contributed by atoms with van der Waals surface area (Å²) in [6, 6.07) is 7.55. The fraction of sp³-hybridized carbons (Fsp3) is 0.389. The Morgan fingerprint density at radius 1 is 1.30 bits per heavy atom. The van der Waals surface area contributed by atoms with Gasteiger partial charge in [-0.05, 0) is 30.5 Å². The van der Waals surface area contributed by atoms with Gasteiger partial charge in [-0.2, -0.15) is 18.2 Å². The van der Waals surface area contributed by atoms with Crippen LogP contribution in [0.4, 0.5) is 13.2 Å². The van der Waals surface area contributed by atoms with Gasteiger partial charge in [0, 0.05) is 17.8 Å². The van der Waals surface area contributed by atoms with E-state index in [0.29, 0.717) is 24.4 Å². The van der Waals surface area contributed by atoms with Gasteiger partial charge in [0.25, 0.3) is 0 Å². The molecule has 1 aliphatic rings. The average Bonchev–Trinajstić information content (AvgIpc) is 2.63. The average molecular weight is 400 g/mol. The van der Waals surface area contributed by atoms with Crippen molar-refractivity contribution in [2.45, 2.75) is 31.5 Å². The van der Waals surface area contributed by atoms with Crippen LogP contribution in [-0.2, 0) is 17.4 Å². The molecule has 27 heavy (non-hydrogen) atoms. The van der Waals surface area contributed by atoms with Crippen molar-refractivity contribution in [3.05, 3.63) is 52.8 Å². The van der Waals surface area contributed by atoms with Gasteiger partial charge in [0.05, 0.1) is 13.0 Å². The Balaban J connectivity index is 1.63. The van der Waals surface area contributed by atoms with Crippen molar-refractivity contribution in [2.24, 2.45) is 0 Å². The largest absolute Gasteiger partial charge is 0.458 e. The van der Waals surface area contributed by atoms with Gasteiger partial charge in [0.15, 0.2) is 5.69 Å². The molecule has 5 nitrogen and oxygen atoms in total. The summed E-state index contributed by atoms with van der Waals surface area (Å²) in [5.74, 6) is -0.110. The summed E-state index contributed by atoms with van der Waals surface area (Å²) >= 11 is 6.09. The molecule has 144 valence electrons. The molecule has 0 aliphatic carbocycles. The molecule has 0 spiro atoms. The van der Waals surface area contributed by atoms with Gasteiger partial charge >= 0.3 is 12.2 Å². The van der Waals surface area contributed by atoms with Gasteiger partial charge in [0.2, 0.25) is 5.91 Å². The standard InChI is InChI=1S/C18H17ClF3N3O2/c19-14-6-2-1-4-12(14)10-16(26)25-9-3-5-13(11-25)27-17-23-8-7-15(24-17)18(20,21)22/h1-2,4,6-8,13H,3,5,9-11H2. The van der Waals surface area contributed by atoms with Gasteiger partial charge < -0.3 is 9.64 Å². The highest BCUT2D eigenvalue weighted by Crippen LogP contribution is 2.28. The molecule has 0 bridgehead atoms. The van der Waals surface area contributed by atoms with E-state index < -0.39 is 18.0 Å². The third-order valence-corrected chi connectivity index (χ3v) is 4.60. The molecule has 0 N–H and O–H groups in total. The van der Waals surface area contributed by atoms with Crippen molar-refractivity contribution in [1.29, 1.82) is 0 Å². The smallest absolute Gasteiger partial charge is 0.433 e. The van der Waals surface area contributed by atoms with Crippen LogP contribution in [0.15, 0.2) is 36.5 Å². The van der Waals surface area contributed by atoms with Crippen molar-refractivity contribution in [3.8, 4) is 6.01 Å². The normalized spacial score (nSPS) is 17.6. The number of benzene rings is 1. The van der Waals surface area contributed by atoms with E-state index in [2.05, 4.69) is 9.97 Å². The van der Waals surface area contributed by atoms with Crippen molar-refractivity contribution in [3.63, 3.8) is 0 Å². The number of halogens is 4. The molecule has 1 atom stereocenters. The van der Waals surface area contributed by atoms with Crippen LogP contribution >= 0.6 is 11.6 Å². The first-order chi connectivity index (χ1) is 12.8. The summed E-state index contributed by atoms with van der Waals surface area (Å²) < 4.78 is 43.7. The Labute approximate surface area is 159 Å². The van der Waals surface area contributed by atoms with Gasteiger partial charge in [0.1, 0.15) is 6.10 Å². The maximum absolute atomic E-state index is 12.7. The predicted molar refractivity (Wildman–Crippen MR) is 92.4 cm³/mol. The number of likely N-dealkylation sites (tertiary alicyclic amines) is 1.